The number of aromatic hydroxyl groups is 1. The van der Waals surface area contributed by atoms with Crippen molar-refractivity contribution >= 4 is 34.8 Å². The number of hydrogen-bond acceptors (Lipinski definition) is 10. The highest BCUT2D eigenvalue weighted by Crippen LogP contribution is 2.52. The van der Waals surface area contributed by atoms with Gasteiger partial charge in [0.2, 0.25) is 11.7 Å². The number of fused-ring (bicyclic) bond motifs is 3. The number of anilines is 1. The van der Waals surface area contributed by atoms with Gasteiger partial charge in [0.1, 0.15) is 22.9 Å². The number of Topliss-reactive ketones (excluding diaryl/α,β-unsaturated/α-hetero) is 2. The molecule has 2 amide bonds. The number of nitrogens with one attached hydrogen (secondary N) is 2. The van der Waals surface area contributed by atoms with E-state index in [0.717, 1.165) is 18.9 Å². The second-order valence-electron chi connectivity index (χ2n) is 10.3. The van der Waals surface area contributed by atoms with Gasteiger partial charge in [0.05, 0.1) is 23.8 Å². The topological polar surface area (TPSA) is 225 Å². The van der Waals surface area contributed by atoms with Crippen molar-refractivity contribution in [3.8, 4) is 5.75 Å². The van der Waals surface area contributed by atoms with Crippen LogP contribution in [-0.2, 0) is 25.6 Å². The largest absolute Gasteiger partial charge is 0.508 e. The fourth-order valence-electron chi connectivity index (χ4n) is 5.74. The zero-order valence-electron chi connectivity index (χ0n) is 20.1. The summed E-state index contributed by atoms with van der Waals surface area (Å²) in [5.41, 5.74) is 5.84. The molecule has 12 nitrogen and oxygen atoms in total. The van der Waals surface area contributed by atoms with Crippen molar-refractivity contribution < 1.29 is 44.0 Å². The number of aliphatic hydroxyl groups excluding tert-OH is 2. The van der Waals surface area contributed by atoms with Gasteiger partial charge in [-0.05, 0) is 44.1 Å². The highest BCUT2D eigenvalue weighted by Gasteiger charge is 2.63. The molecule has 0 spiro atoms. The van der Waals surface area contributed by atoms with Gasteiger partial charge in [0.25, 0.3) is 5.91 Å². The number of rotatable bonds is 6. The number of phenolic OH excluding ortho intramolecular Hbond substituents is 1. The van der Waals surface area contributed by atoms with Gasteiger partial charge in [0.15, 0.2) is 17.1 Å². The summed E-state index contributed by atoms with van der Waals surface area (Å²) in [5, 5.41) is 49.2. The van der Waals surface area contributed by atoms with E-state index in [-0.39, 0.29) is 30.6 Å². The summed E-state index contributed by atoms with van der Waals surface area (Å²) in [4.78, 5) is 50.2. The Morgan fingerprint density at radius 3 is 2.50 bits per heavy atom. The van der Waals surface area contributed by atoms with Crippen LogP contribution in [0.25, 0.3) is 5.76 Å². The molecular formula is C25H27FN4O8. The van der Waals surface area contributed by atoms with E-state index in [2.05, 4.69) is 10.6 Å². The first-order valence-electron chi connectivity index (χ1n) is 12.2. The molecule has 1 aromatic rings. The number of benzene rings is 1. The molecule has 38 heavy (non-hydrogen) atoms. The average molecular weight is 531 g/mol. The van der Waals surface area contributed by atoms with Gasteiger partial charge in [0, 0.05) is 23.1 Å². The maximum Gasteiger partial charge on any atom is 0.255 e. The van der Waals surface area contributed by atoms with Crippen molar-refractivity contribution in [2.45, 2.75) is 37.3 Å². The van der Waals surface area contributed by atoms with Crippen molar-refractivity contribution in [1.29, 1.82) is 0 Å². The maximum absolute atomic E-state index is 15.2. The van der Waals surface area contributed by atoms with Crippen LogP contribution >= 0.6 is 0 Å². The molecule has 0 saturated heterocycles. The number of nitrogens with two attached hydrogens (primary N) is 2. The van der Waals surface area contributed by atoms with Crippen LogP contribution < -0.4 is 22.1 Å². The SMILES string of the molecule is NC(=O)C1=C(O)[C@@]2(O)C(=O)C3=C(O)c4c(O)c(NC(=O)CNCC5CC5)cc(F)c4C[C@H]3C[C@H]2[C@H](N)C1=O. The zero-order valence-corrected chi connectivity index (χ0v) is 20.1. The number of amides is 2. The van der Waals surface area contributed by atoms with E-state index < -0.39 is 86.7 Å². The van der Waals surface area contributed by atoms with Crippen molar-refractivity contribution in [2.24, 2.45) is 29.2 Å². The van der Waals surface area contributed by atoms with Gasteiger partial charge in [-0.3, -0.25) is 19.2 Å². The van der Waals surface area contributed by atoms with E-state index in [0.29, 0.717) is 12.5 Å². The highest BCUT2D eigenvalue weighted by molar-refractivity contribution is 6.24. The molecule has 0 radical (unpaired) electrons. The molecule has 10 N–H and O–H groups in total. The summed E-state index contributed by atoms with van der Waals surface area (Å²) in [7, 11) is 0. The van der Waals surface area contributed by atoms with Crippen LogP contribution in [0, 0.1) is 23.6 Å². The Labute approximate surface area is 215 Å². The lowest BCUT2D eigenvalue weighted by molar-refractivity contribution is -0.149. The van der Waals surface area contributed by atoms with Gasteiger partial charge in [-0.2, -0.15) is 0 Å². The molecule has 202 valence electrons. The van der Waals surface area contributed by atoms with E-state index in [1.807, 2.05) is 0 Å². The minimum absolute atomic E-state index is 0.0938. The minimum Gasteiger partial charge on any atom is -0.508 e. The van der Waals surface area contributed by atoms with Crippen LogP contribution in [0.2, 0.25) is 0 Å². The van der Waals surface area contributed by atoms with Gasteiger partial charge in [-0.1, -0.05) is 0 Å². The first-order chi connectivity index (χ1) is 17.9. The first-order valence-corrected chi connectivity index (χ1v) is 12.2. The molecule has 2 saturated carbocycles. The average Bonchev–Trinajstić information content (AvgIpc) is 3.67. The summed E-state index contributed by atoms with van der Waals surface area (Å²) in [5.74, 6) is -9.82. The zero-order chi connectivity index (χ0) is 27.7. The van der Waals surface area contributed by atoms with E-state index >= 15 is 4.39 Å². The lowest BCUT2D eigenvalue weighted by Gasteiger charge is -2.48. The van der Waals surface area contributed by atoms with Crippen LogP contribution in [0.3, 0.4) is 0 Å². The number of aliphatic hydroxyl groups is 3. The lowest BCUT2D eigenvalue weighted by Crippen LogP contribution is -2.65. The maximum atomic E-state index is 15.2. The Kier molecular flexibility index (Phi) is 6.04. The molecule has 5 rings (SSSR count). The number of carbonyl (C=O) groups is 4. The van der Waals surface area contributed by atoms with Gasteiger partial charge >= 0.3 is 0 Å². The predicted octanol–water partition coefficient (Wildman–Crippen LogP) is -0.562. The molecule has 2 fully saturated rings. The molecule has 0 aromatic heterocycles. The number of primary amides is 1. The number of halogens is 1. The standard InChI is InChI=1S/C25H27FN4O8/c26-12-5-13(30-14(31)7-29-6-8-1-2-8)19(32)16-10(12)3-9-4-11-18(27)21(34)17(24(28)37)23(36)25(11,38)22(35)15(9)20(16)33/h5,8-9,11,18,29,32-33,36,38H,1-4,6-7,27H2,(H2,28,37)(H,30,31)/t9-,11-,18-,25-/m0/s1. The third-order valence-corrected chi connectivity index (χ3v) is 7.89. The third-order valence-electron chi connectivity index (χ3n) is 7.89. The van der Waals surface area contributed by atoms with Crippen LogP contribution in [0.5, 0.6) is 5.75 Å². The fraction of sp³-hybridized carbons (Fsp3) is 0.440. The van der Waals surface area contributed by atoms with E-state index in [1.165, 1.54) is 0 Å². The molecule has 0 bridgehead atoms. The number of carbonyl (C=O) groups excluding carboxylic acids is 4. The monoisotopic (exact) mass is 530 g/mol. The molecule has 4 aliphatic carbocycles. The first kappa shape index (κ1) is 25.8. The summed E-state index contributed by atoms with van der Waals surface area (Å²) in [6.45, 7) is 0.551. The van der Waals surface area contributed by atoms with Crippen molar-refractivity contribution in [1.82, 2.24) is 5.32 Å². The van der Waals surface area contributed by atoms with Crippen molar-refractivity contribution in [3.63, 3.8) is 0 Å². The molecule has 13 heteroatoms. The van der Waals surface area contributed by atoms with Gasteiger partial charge in [-0.15, -0.1) is 0 Å². The van der Waals surface area contributed by atoms with E-state index in [4.69, 9.17) is 11.5 Å². The smallest absolute Gasteiger partial charge is 0.255 e. The molecule has 4 atom stereocenters. The number of phenols is 1. The molecule has 0 aliphatic heterocycles. The van der Waals surface area contributed by atoms with Crippen LogP contribution in [0.1, 0.15) is 30.4 Å². The summed E-state index contributed by atoms with van der Waals surface area (Å²) >= 11 is 0. The fourth-order valence-corrected chi connectivity index (χ4v) is 5.74. The molecule has 4 aliphatic rings. The minimum atomic E-state index is -2.86. The lowest BCUT2D eigenvalue weighted by atomic mass is 9.58. The third kappa shape index (κ3) is 3.77. The van der Waals surface area contributed by atoms with E-state index in [9.17, 15) is 39.6 Å². The van der Waals surface area contributed by atoms with Crippen molar-refractivity contribution in [2.75, 3.05) is 18.4 Å². The normalized spacial score (nSPS) is 28.6. The van der Waals surface area contributed by atoms with Crippen molar-refractivity contribution in [3.05, 3.63) is 39.9 Å². The Morgan fingerprint density at radius 1 is 1.18 bits per heavy atom. The Balaban J connectivity index is 1.54. The number of hydrogen-bond donors (Lipinski definition) is 8. The second kappa shape index (κ2) is 8.89. The molecular weight excluding hydrogens is 503 g/mol. The van der Waals surface area contributed by atoms with E-state index in [1.54, 1.807) is 0 Å². The summed E-state index contributed by atoms with van der Waals surface area (Å²) in [6, 6.07) is -0.688. The summed E-state index contributed by atoms with van der Waals surface area (Å²) < 4.78 is 15.2. The molecule has 1 aromatic carbocycles. The van der Waals surface area contributed by atoms with Crippen LogP contribution in [0.4, 0.5) is 10.1 Å². The Morgan fingerprint density at radius 2 is 1.87 bits per heavy atom. The van der Waals surface area contributed by atoms with Gasteiger partial charge < -0.3 is 42.5 Å². The van der Waals surface area contributed by atoms with Crippen LogP contribution in [-0.4, -0.2) is 68.5 Å². The Hall–Kier alpha value is -3.81. The number of ketones is 2. The molecule has 0 unspecified atom stereocenters. The van der Waals surface area contributed by atoms with Gasteiger partial charge in [-0.25, -0.2) is 4.39 Å². The second-order valence-corrected chi connectivity index (χ2v) is 10.3. The Bertz CT molecular complexity index is 1370. The van der Waals surface area contributed by atoms with Crippen LogP contribution in [0.15, 0.2) is 23.0 Å². The predicted molar refractivity (Wildman–Crippen MR) is 129 cm³/mol. The highest BCUT2D eigenvalue weighted by atomic mass is 19.1. The quantitative estimate of drug-likeness (QED) is 0.173. The summed E-state index contributed by atoms with van der Waals surface area (Å²) in [6.07, 6.45) is 1.69. The molecule has 0 heterocycles.